The molecule has 1 atom stereocenters. The predicted molar refractivity (Wildman–Crippen MR) is 110 cm³/mol. The van der Waals surface area contributed by atoms with Crippen LogP contribution >= 0.6 is 23.1 Å². The fraction of sp³-hybridized carbons (Fsp3) is 0.150. The summed E-state index contributed by atoms with van der Waals surface area (Å²) in [5.74, 6) is -0.704. The molecule has 8 heteroatoms. The number of thioether (sulfide) groups is 1. The van der Waals surface area contributed by atoms with E-state index in [-0.39, 0.29) is 23.4 Å². The Morgan fingerprint density at radius 2 is 1.86 bits per heavy atom. The van der Waals surface area contributed by atoms with Crippen LogP contribution in [0.4, 0.5) is 4.39 Å². The van der Waals surface area contributed by atoms with Gasteiger partial charge < -0.3 is 10.6 Å². The molecule has 2 amide bonds. The van der Waals surface area contributed by atoms with Crippen LogP contribution in [-0.2, 0) is 9.59 Å². The van der Waals surface area contributed by atoms with Crippen molar-refractivity contribution in [3.63, 3.8) is 0 Å². The first kappa shape index (κ1) is 20.0. The average Bonchev–Trinajstić information content (AvgIpc) is 3.20. The van der Waals surface area contributed by atoms with Gasteiger partial charge in [-0.05, 0) is 29.8 Å². The lowest BCUT2D eigenvalue weighted by molar-refractivity contribution is -0.127. The second-order valence-electron chi connectivity index (χ2n) is 5.82. The zero-order valence-electron chi connectivity index (χ0n) is 15.0. The van der Waals surface area contributed by atoms with Crippen LogP contribution in [0.3, 0.4) is 0 Å². The fourth-order valence-corrected chi connectivity index (χ4v) is 4.14. The van der Waals surface area contributed by atoms with Crippen LogP contribution in [0.1, 0.15) is 11.6 Å². The normalized spacial score (nSPS) is 11.6. The lowest BCUT2D eigenvalue weighted by Gasteiger charge is -2.17. The van der Waals surface area contributed by atoms with Crippen molar-refractivity contribution in [2.45, 2.75) is 10.4 Å². The van der Waals surface area contributed by atoms with Gasteiger partial charge in [0.1, 0.15) is 11.9 Å². The van der Waals surface area contributed by atoms with Crippen LogP contribution in [0.5, 0.6) is 0 Å². The molecular formula is C20H18FN3O2S2. The quantitative estimate of drug-likeness (QED) is 0.578. The molecule has 0 fully saturated rings. The van der Waals surface area contributed by atoms with Gasteiger partial charge in [0.15, 0.2) is 4.34 Å². The molecule has 0 saturated heterocycles. The van der Waals surface area contributed by atoms with Crippen molar-refractivity contribution in [1.82, 2.24) is 15.6 Å². The maximum absolute atomic E-state index is 13.0. The van der Waals surface area contributed by atoms with Crippen LogP contribution < -0.4 is 10.6 Å². The zero-order valence-corrected chi connectivity index (χ0v) is 16.6. The summed E-state index contributed by atoms with van der Waals surface area (Å²) < 4.78 is 13.8. The Kier molecular flexibility index (Phi) is 6.78. The summed E-state index contributed by atoms with van der Waals surface area (Å²) in [6.07, 6.45) is 0. The Morgan fingerprint density at radius 1 is 1.14 bits per heavy atom. The third-order valence-corrected chi connectivity index (χ3v) is 5.92. The van der Waals surface area contributed by atoms with Gasteiger partial charge in [-0.25, -0.2) is 9.37 Å². The molecule has 1 heterocycles. The Bertz CT molecular complexity index is 946. The van der Waals surface area contributed by atoms with Crippen molar-refractivity contribution in [3.05, 3.63) is 71.4 Å². The highest BCUT2D eigenvalue weighted by molar-refractivity contribution is 8.01. The van der Waals surface area contributed by atoms with Gasteiger partial charge in [-0.1, -0.05) is 42.1 Å². The molecule has 0 aliphatic rings. The van der Waals surface area contributed by atoms with Gasteiger partial charge in [0.05, 0.1) is 11.4 Å². The van der Waals surface area contributed by atoms with Gasteiger partial charge in [0.25, 0.3) is 0 Å². The minimum Gasteiger partial charge on any atom is -0.357 e. The number of rotatable bonds is 7. The van der Waals surface area contributed by atoms with E-state index in [2.05, 4.69) is 15.6 Å². The minimum absolute atomic E-state index is 0.136. The molecule has 1 unspecified atom stereocenters. The van der Waals surface area contributed by atoms with Crippen molar-refractivity contribution in [2.75, 3.05) is 12.8 Å². The topological polar surface area (TPSA) is 71.1 Å². The Morgan fingerprint density at radius 3 is 2.54 bits per heavy atom. The molecule has 0 aliphatic carbocycles. The third kappa shape index (κ3) is 5.17. The molecule has 5 nitrogen and oxygen atoms in total. The summed E-state index contributed by atoms with van der Waals surface area (Å²) >= 11 is 2.71. The van der Waals surface area contributed by atoms with E-state index in [9.17, 15) is 14.0 Å². The first-order chi connectivity index (χ1) is 13.6. The monoisotopic (exact) mass is 415 g/mol. The molecule has 144 valence electrons. The molecule has 3 rings (SSSR count). The Labute approximate surface area is 170 Å². The fourth-order valence-electron chi connectivity index (χ4n) is 2.50. The molecule has 2 aromatic carbocycles. The van der Waals surface area contributed by atoms with Crippen molar-refractivity contribution in [2.24, 2.45) is 0 Å². The van der Waals surface area contributed by atoms with Crippen LogP contribution in [0.15, 0.2) is 64.3 Å². The van der Waals surface area contributed by atoms with Gasteiger partial charge in [0.2, 0.25) is 11.8 Å². The largest absolute Gasteiger partial charge is 0.357 e. The van der Waals surface area contributed by atoms with Crippen LogP contribution in [0.25, 0.3) is 11.3 Å². The lowest BCUT2D eigenvalue weighted by Crippen LogP contribution is -2.39. The average molecular weight is 416 g/mol. The van der Waals surface area contributed by atoms with Gasteiger partial charge in [-0.2, -0.15) is 0 Å². The van der Waals surface area contributed by atoms with E-state index < -0.39 is 6.04 Å². The lowest BCUT2D eigenvalue weighted by atomic mass is 10.1. The SMILES string of the molecule is CNC(=O)C(NC(=O)CSc1nc(-c2ccc(F)cc2)cs1)c1ccccc1. The number of halogens is 1. The molecule has 3 aromatic rings. The standard InChI is InChI=1S/C20H18FN3O2S2/c1-22-19(26)18(14-5-3-2-4-6-14)24-17(25)12-28-20-23-16(11-27-20)13-7-9-15(21)10-8-13/h2-11,18H,12H2,1H3,(H,22,26)(H,24,25). The van der Waals surface area contributed by atoms with Crippen LogP contribution in [-0.4, -0.2) is 29.6 Å². The smallest absolute Gasteiger partial charge is 0.246 e. The number of nitrogens with one attached hydrogen (secondary N) is 2. The predicted octanol–water partition coefficient (Wildman–Crippen LogP) is 3.64. The first-order valence-electron chi connectivity index (χ1n) is 8.47. The maximum atomic E-state index is 13.0. The van der Waals surface area contributed by atoms with E-state index in [1.54, 1.807) is 24.3 Å². The van der Waals surface area contributed by atoms with Crippen molar-refractivity contribution in [3.8, 4) is 11.3 Å². The highest BCUT2D eigenvalue weighted by Crippen LogP contribution is 2.28. The number of benzene rings is 2. The minimum atomic E-state index is -0.745. The molecule has 0 saturated carbocycles. The van der Waals surface area contributed by atoms with Crippen LogP contribution in [0.2, 0.25) is 0 Å². The number of carbonyl (C=O) groups excluding carboxylic acids is 2. The maximum Gasteiger partial charge on any atom is 0.246 e. The molecule has 0 bridgehead atoms. The summed E-state index contributed by atoms with van der Waals surface area (Å²) in [6.45, 7) is 0. The number of likely N-dealkylation sites (N-methyl/N-ethyl adjacent to an activating group) is 1. The Balaban J connectivity index is 1.60. The summed E-state index contributed by atoms with van der Waals surface area (Å²) in [6, 6.07) is 14.4. The Hall–Kier alpha value is -2.71. The van der Waals surface area contributed by atoms with E-state index in [1.807, 2.05) is 23.6 Å². The highest BCUT2D eigenvalue weighted by Gasteiger charge is 2.21. The zero-order chi connectivity index (χ0) is 19.9. The number of hydrogen-bond acceptors (Lipinski definition) is 5. The van der Waals surface area contributed by atoms with E-state index in [4.69, 9.17) is 0 Å². The van der Waals surface area contributed by atoms with Gasteiger partial charge in [0, 0.05) is 18.0 Å². The van der Waals surface area contributed by atoms with Crippen molar-refractivity contribution >= 4 is 34.9 Å². The molecule has 0 radical (unpaired) electrons. The second-order valence-corrected chi connectivity index (χ2v) is 7.90. The number of aromatic nitrogens is 1. The molecule has 0 spiro atoms. The molecule has 1 aromatic heterocycles. The van der Waals surface area contributed by atoms with Crippen LogP contribution in [0, 0.1) is 5.82 Å². The third-order valence-electron chi connectivity index (χ3n) is 3.90. The highest BCUT2D eigenvalue weighted by atomic mass is 32.2. The number of amides is 2. The molecule has 28 heavy (non-hydrogen) atoms. The number of nitrogens with zero attached hydrogens (tertiary/aromatic N) is 1. The summed E-state index contributed by atoms with van der Waals surface area (Å²) in [4.78, 5) is 29.0. The van der Waals surface area contributed by atoms with Gasteiger partial charge >= 0.3 is 0 Å². The molecule has 2 N–H and O–H groups in total. The number of hydrogen-bond donors (Lipinski definition) is 2. The van der Waals surface area contributed by atoms with Gasteiger partial charge in [-0.15, -0.1) is 11.3 Å². The van der Waals surface area contributed by atoms with Crippen molar-refractivity contribution in [1.29, 1.82) is 0 Å². The summed E-state index contributed by atoms with van der Waals surface area (Å²) in [7, 11) is 1.53. The second kappa shape index (κ2) is 9.48. The molecule has 0 aliphatic heterocycles. The van der Waals surface area contributed by atoms with E-state index in [0.717, 1.165) is 15.6 Å². The first-order valence-corrected chi connectivity index (χ1v) is 10.3. The summed E-state index contributed by atoms with van der Waals surface area (Å²) in [5, 5.41) is 7.20. The van der Waals surface area contributed by atoms with E-state index in [1.165, 1.54) is 42.3 Å². The van der Waals surface area contributed by atoms with E-state index in [0.29, 0.717) is 5.56 Å². The van der Waals surface area contributed by atoms with Gasteiger partial charge in [-0.3, -0.25) is 9.59 Å². The molecular weight excluding hydrogens is 397 g/mol. The number of carbonyl (C=O) groups is 2. The van der Waals surface area contributed by atoms with Crippen molar-refractivity contribution < 1.29 is 14.0 Å². The number of thiazole rings is 1. The van der Waals surface area contributed by atoms with E-state index >= 15 is 0 Å². The summed E-state index contributed by atoms with van der Waals surface area (Å²) in [5.41, 5.74) is 2.27.